The monoisotopic (exact) mass is 445 g/mol. The predicted octanol–water partition coefficient (Wildman–Crippen LogP) is 3.88. The Bertz CT molecular complexity index is 1220. The first-order chi connectivity index (χ1) is 15.6. The van der Waals surface area contributed by atoms with E-state index in [1.165, 1.54) is 29.3 Å². The average Bonchev–Trinajstić information content (AvgIpc) is 2.76. The van der Waals surface area contributed by atoms with Crippen LogP contribution in [0.3, 0.4) is 0 Å². The van der Waals surface area contributed by atoms with Gasteiger partial charge >= 0.3 is 5.97 Å². The number of pyridine rings is 1. The van der Waals surface area contributed by atoms with Crippen LogP contribution in [0.2, 0.25) is 0 Å². The minimum Gasteiger partial charge on any atom is -0.427 e. The third-order valence-corrected chi connectivity index (χ3v) is 4.96. The van der Waals surface area contributed by atoms with Gasteiger partial charge < -0.3 is 9.30 Å². The summed E-state index contributed by atoms with van der Waals surface area (Å²) in [5.74, 6) is -0.578. The summed E-state index contributed by atoms with van der Waals surface area (Å²) in [5, 5.41) is 3.92. The number of amides is 1. The second kappa shape index (κ2) is 10.1. The van der Waals surface area contributed by atoms with E-state index in [2.05, 4.69) is 43.4 Å². The lowest BCUT2D eigenvalue weighted by atomic mass is 9.87. The molecule has 0 unspecified atom stereocenters. The summed E-state index contributed by atoms with van der Waals surface area (Å²) < 4.78 is 6.47. The number of rotatable bonds is 6. The van der Waals surface area contributed by atoms with E-state index in [1.54, 1.807) is 36.5 Å². The summed E-state index contributed by atoms with van der Waals surface area (Å²) >= 11 is 0. The maximum atomic E-state index is 12.8. The molecule has 0 spiro atoms. The van der Waals surface area contributed by atoms with Gasteiger partial charge in [0.1, 0.15) is 11.3 Å². The molecule has 0 bridgehead atoms. The van der Waals surface area contributed by atoms with E-state index in [-0.39, 0.29) is 11.0 Å². The van der Waals surface area contributed by atoms with Crippen molar-refractivity contribution in [2.45, 2.75) is 39.7 Å². The number of aromatic nitrogens is 1. The SMILES string of the molecule is CC(=O)Oc1ccc(/C=N\NC(=O)c2cccn(Cc3ccc(C(C)(C)C)cc3)c2=O)cc1. The molecule has 1 heterocycles. The first-order valence-corrected chi connectivity index (χ1v) is 10.5. The van der Waals surface area contributed by atoms with E-state index in [9.17, 15) is 14.4 Å². The number of benzene rings is 2. The van der Waals surface area contributed by atoms with Gasteiger partial charge in [0.15, 0.2) is 0 Å². The number of nitrogens with one attached hydrogen (secondary N) is 1. The van der Waals surface area contributed by atoms with Crippen LogP contribution in [-0.4, -0.2) is 22.7 Å². The van der Waals surface area contributed by atoms with E-state index in [0.29, 0.717) is 17.9 Å². The quantitative estimate of drug-likeness (QED) is 0.270. The van der Waals surface area contributed by atoms with Crippen LogP contribution in [-0.2, 0) is 16.8 Å². The third-order valence-electron chi connectivity index (χ3n) is 4.96. The van der Waals surface area contributed by atoms with Gasteiger partial charge in [0.2, 0.25) is 0 Å². The Morgan fingerprint density at radius 2 is 1.70 bits per heavy atom. The summed E-state index contributed by atoms with van der Waals surface area (Å²) in [6.07, 6.45) is 3.10. The first-order valence-electron chi connectivity index (χ1n) is 10.5. The van der Waals surface area contributed by atoms with Crippen LogP contribution in [0.25, 0.3) is 0 Å². The lowest BCUT2D eigenvalue weighted by Crippen LogP contribution is -2.30. The van der Waals surface area contributed by atoms with Gasteiger partial charge in [0.05, 0.1) is 12.8 Å². The first kappa shape index (κ1) is 23.7. The van der Waals surface area contributed by atoms with Crippen LogP contribution in [0.4, 0.5) is 0 Å². The Labute approximate surface area is 192 Å². The highest BCUT2D eigenvalue weighted by molar-refractivity contribution is 5.94. The lowest BCUT2D eigenvalue weighted by molar-refractivity contribution is -0.131. The molecule has 0 aliphatic rings. The molecule has 0 saturated heterocycles. The zero-order valence-corrected chi connectivity index (χ0v) is 19.2. The molecular weight excluding hydrogens is 418 g/mol. The molecular formula is C26H27N3O4. The Balaban J connectivity index is 1.67. The van der Waals surface area contributed by atoms with Gasteiger partial charge in [-0.2, -0.15) is 5.10 Å². The van der Waals surface area contributed by atoms with Crippen LogP contribution in [0.15, 0.2) is 76.8 Å². The van der Waals surface area contributed by atoms with Gasteiger partial charge in [-0.3, -0.25) is 14.4 Å². The number of esters is 1. The van der Waals surface area contributed by atoms with E-state index >= 15 is 0 Å². The van der Waals surface area contributed by atoms with Crippen molar-refractivity contribution in [3.8, 4) is 5.75 Å². The second-order valence-electron chi connectivity index (χ2n) is 8.66. The van der Waals surface area contributed by atoms with E-state index in [4.69, 9.17) is 4.74 Å². The fourth-order valence-corrected chi connectivity index (χ4v) is 3.15. The fourth-order valence-electron chi connectivity index (χ4n) is 3.15. The van der Waals surface area contributed by atoms with Crippen LogP contribution in [0.5, 0.6) is 5.75 Å². The Hall–Kier alpha value is -4.00. The summed E-state index contributed by atoms with van der Waals surface area (Å²) in [4.78, 5) is 36.3. The molecule has 7 heteroatoms. The molecule has 0 radical (unpaired) electrons. The number of hydrazone groups is 1. The highest BCUT2D eigenvalue weighted by atomic mass is 16.5. The van der Waals surface area contributed by atoms with Crippen molar-refractivity contribution in [1.82, 2.24) is 9.99 Å². The summed E-state index contributed by atoms with van der Waals surface area (Å²) in [6, 6.07) is 17.9. The molecule has 3 aromatic rings. The van der Waals surface area contributed by atoms with Gasteiger partial charge in [-0.15, -0.1) is 0 Å². The smallest absolute Gasteiger partial charge is 0.308 e. The van der Waals surface area contributed by atoms with Crippen molar-refractivity contribution in [2.24, 2.45) is 5.10 Å². The largest absolute Gasteiger partial charge is 0.427 e. The molecule has 33 heavy (non-hydrogen) atoms. The molecule has 0 atom stereocenters. The zero-order valence-electron chi connectivity index (χ0n) is 19.2. The highest BCUT2D eigenvalue weighted by Gasteiger charge is 2.14. The number of carbonyl (C=O) groups is 2. The Morgan fingerprint density at radius 1 is 1.03 bits per heavy atom. The van der Waals surface area contributed by atoms with Crippen LogP contribution in [0.1, 0.15) is 54.7 Å². The predicted molar refractivity (Wildman–Crippen MR) is 128 cm³/mol. The average molecular weight is 446 g/mol. The normalized spacial score (nSPS) is 11.4. The minimum atomic E-state index is -0.592. The molecule has 1 amide bonds. The number of hydrogen-bond acceptors (Lipinski definition) is 5. The number of nitrogens with zero attached hydrogens (tertiary/aromatic N) is 2. The third kappa shape index (κ3) is 6.49. The standard InChI is InChI=1S/C26H27N3O4/c1-18(30)33-22-13-9-19(10-14-22)16-27-28-24(31)23-6-5-15-29(25(23)32)17-20-7-11-21(12-8-20)26(2,3)4/h5-16H,17H2,1-4H3,(H,28,31)/b27-16-. The number of hydrogen-bond donors (Lipinski definition) is 1. The molecule has 0 aliphatic carbocycles. The topological polar surface area (TPSA) is 89.8 Å². The number of carbonyl (C=O) groups excluding carboxylic acids is 2. The van der Waals surface area contributed by atoms with Crippen molar-refractivity contribution in [2.75, 3.05) is 0 Å². The molecule has 2 aromatic carbocycles. The Kier molecular flexibility index (Phi) is 7.23. The molecule has 1 aromatic heterocycles. The summed E-state index contributed by atoms with van der Waals surface area (Å²) in [6.45, 7) is 8.13. The lowest BCUT2D eigenvalue weighted by Gasteiger charge is -2.19. The highest BCUT2D eigenvalue weighted by Crippen LogP contribution is 2.22. The van der Waals surface area contributed by atoms with E-state index in [0.717, 1.165) is 5.56 Å². The van der Waals surface area contributed by atoms with Crippen molar-refractivity contribution < 1.29 is 14.3 Å². The molecule has 0 aliphatic heterocycles. The summed E-state index contributed by atoms with van der Waals surface area (Å²) in [5.41, 5.74) is 4.92. The van der Waals surface area contributed by atoms with Gasteiger partial charge in [-0.1, -0.05) is 45.0 Å². The maximum absolute atomic E-state index is 12.8. The molecule has 0 fully saturated rings. The molecule has 1 N–H and O–H groups in total. The van der Waals surface area contributed by atoms with Crippen LogP contribution in [0, 0.1) is 0 Å². The zero-order chi connectivity index (χ0) is 24.0. The van der Waals surface area contributed by atoms with Gasteiger partial charge in [-0.25, -0.2) is 5.43 Å². The van der Waals surface area contributed by atoms with Crippen molar-refractivity contribution >= 4 is 18.1 Å². The van der Waals surface area contributed by atoms with Crippen molar-refractivity contribution in [3.05, 3.63) is 99.5 Å². The molecule has 170 valence electrons. The van der Waals surface area contributed by atoms with E-state index < -0.39 is 17.4 Å². The van der Waals surface area contributed by atoms with Gasteiger partial charge in [-0.05, 0) is 58.5 Å². The van der Waals surface area contributed by atoms with Crippen LogP contribution < -0.4 is 15.7 Å². The van der Waals surface area contributed by atoms with Crippen molar-refractivity contribution in [1.29, 1.82) is 0 Å². The Morgan fingerprint density at radius 3 is 2.30 bits per heavy atom. The number of ether oxygens (including phenoxy) is 1. The summed E-state index contributed by atoms with van der Waals surface area (Å²) in [7, 11) is 0. The maximum Gasteiger partial charge on any atom is 0.308 e. The molecule has 7 nitrogen and oxygen atoms in total. The van der Waals surface area contributed by atoms with Crippen LogP contribution >= 0.6 is 0 Å². The second-order valence-corrected chi connectivity index (χ2v) is 8.66. The minimum absolute atomic E-state index is 0.00571. The van der Waals surface area contributed by atoms with E-state index in [1.807, 2.05) is 12.1 Å². The molecule has 3 rings (SSSR count). The fraction of sp³-hybridized carbons (Fsp3) is 0.231. The van der Waals surface area contributed by atoms with Gasteiger partial charge in [0, 0.05) is 13.1 Å². The van der Waals surface area contributed by atoms with Crippen molar-refractivity contribution in [3.63, 3.8) is 0 Å². The molecule has 0 saturated carbocycles. The van der Waals surface area contributed by atoms with Gasteiger partial charge in [0.25, 0.3) is 11.5 Å².